The summed E-state index contributed by atoms with van der Waals surface area (Å²) in [6, 6.07) is 10.1. The second-order valence-corrected chi connectivity index (χ2v) is 4.50. The standard InChI is InChI=1S/C15H12ClN3O2/c16-13-4-1-11(2-5-13)3-6-14(20)18-19-15(21)12-7-9-17-10-8-12/h1-10H,(H,18,20)(H,19,21)/b6-3+. The van der Waals surface area contributed by atoms with Crippen LogP contribution in [-0.4, -0.2) is 16.8 Å². The Morgan fingerprint density at radius 3 is 2.33 bits per heavy atom. The van der Waals surface area contributed by atoms with Crippen LogP contribution in [0.2, 0.25) is 5.02 Å². The Hall–Kier alpha value is -2.66. The molecule has 0 unspecified atom stereocenters. The summed E-state index contributed by atoms with van der Waals surface area (Å²) in [5.74, 6) is -0.849. The van der Waals surface area contributed by atoms with Crippen LogP contribution < -0.4 is 10.9 Å². The minimum Gasteiger partial charge on any atom is -0.268 e. The van der Waals surface area contributed by atoms with E-state index in [0.717, 1.165) is 5.56 Å². The molecule has 1 aromatic carbocycles. The van der Waals surface area contributed by atoms with Gasteiger partial charge in [-0.3, -0.25) is 25.4 Å². The van der Waals surface area contributed by atoms with Gasteiger partial charge in [0.05, 0.1) is 0 Å². The third-order valence-electron chi connectivity index (χ3n) is 2.54. The third kappa shape index (κ3) is 4.74. The van der Waals surface area contributed by atoms with Gasteiger partial charge in [0.15, 0.2) is 0 Å². The number of hydrogen-bond acceptors (Lipinski definition) is 3. The number of rotatable bonds is 3. The van der Waals surface area contributed by atoms with E-state index in [-0.39, 0.29) is 0 Å². The molecule has 1 heterocycles. The largest absolute Gasteiger partial charge is 0.269 e. The summed E-state index contributed by atoms with van der Waals surface area (Å²) in [5.41, 5.74) is 5.83. The van der Waals surface area contributed by atoms with Gasteiger partial charge in [-0.05, 0) is 35.9 Å². The number of hydrazine groups is 1. The molecule has 0 aliphatic rings. The Morgan fingerprint density at radius 1 is 1.00 bits per heavy atom. The lowest BCUT2D eigenvalue weighted by molar-refractivity contribution is -0.117. The summed E-state index contributed by atoms with van der Waals surface area (Å²) in [6.45, 7) is 0. The molecule has 106 valence electrons. The Kier molecular flexibility index (Phi) is 5.06. The van der Waals surface area contributed by atoms with E-state index in [4.69, 9.17) is 11.6 Å². The Balaban J connectivity index is 1.85. The number of halogens is 1. The van der Waals surface area contributed by atoms with Crippen LogP contribution in [0.3, 0.4) is 0 Å². The summed E-state index contributed by atoms with van der Waals surface area (Å²) in [6.07, 6.45) is 5.93. The first kappa shape index (κ1) is 14.7. The predicted octanol–water partition coefficient (Wildman–Crippen LogP) is 2.21. The van der Waals surface area contributed by atoms with Crippen LogP contribution in [0.15, 0.2) is 54.9 Å². The van der Waals surface area contributed by atoms with Crippen molar-refractivity contribution in [3.05, 3.63) is 71.0 Å². The van der Waals surface area contributed by atoms with Crippen molar-refractivity contribution in [3.8, 4) is 0 Å². The molecule has 2 N–H and O–H groups in total. The molecule has 0 atom stereocenters. The molecular formula is C15H12ClN3O2. The van der Waals surface area contributed by atoms with Gasteiger partial charge in [0.25, 0.3) is 11.8 Å². The van der Waals surface area contributed by atoms with Crippen LogP contribution in [-0.2, 0) is 4.79 Å². The van der Waals surface area contributed by atoms with Crippen molar-refractivity contribution < 1.29 is 9.59 Å². The first-order valence-corrected chi connectivity index (χ1v) is 6.47. The number of benzene rings is 1. The topological polar surface area (TPSA) is 71.1 Å². The van der Waals surface area contributed by atoms with Crippen LogP contribution in [0.5, 0.6) is 0 Å². The number of nitrogens with zero attached hydrogens (tertiary/aromatic N) is 1. The monoisotopic (exact) mass is 301 g/mol. The maximum Gasteiger partial charge on any atom is 0.269 e. The molecule has 0 aliphatic carbocycles. The number of amides is 2. The maximum absolute atomic E-state index is 11.7. The number of aromatic nitrogens is 1. The summed E-state index contributed by atoms with van der Waals surface area (Å²) in [4.78, 5) is 27.0. The highest BCUT2D eigenvalue weighted by atomic mass is 35.5. The molecule has 2 aromatic rings. The molecule has 5 nitrogen and oxygen atoms in total. The molecule has 0 fully saturated rings. The summed E-state index contributed by atoms with van der Waals surface area (Å²) in [5, 5.41) is 0.626. The molecule has 0 radical (unpaired) electrons. The Morgan fingerprint density at radius 2 is 1.67 bits per heavy atom. The molecule has 0 spiro atoms. The van der Waals surface area contributed by atoms with Crippen LogP contribution in [0.4, 0.5) is 0 Å². The van der Waals surface area contributed by atoms with Crippen molar-refractivity contribution in [3.63, 3.8) is 0 Å². The van der Waals surface area contributed by atoms with Crippen LogP contribution in [0, 0.1) is 0 Å². The van der Waals surface area contributed by atoms with E-state index in [1.54, 1.807) is 42.5 Å². The van der Waals surface area contributed by atoms with Gasteiger partial charge in [-0.15, -0.1) is 0 Å². The zero-order chi connectivity index (χ0) is 15.1. The first-order chi connectivity index (χ1) is 10.1. The van der Waals surface area contributed by atoms with Crippen molar-refractivity contribution in [1.82, 2.24) is 15.8 Å². The van der Waals surface area contributed by atoms with Gasteiger partial charge in [0.1, 0.15) is 0 Å². The van der Waals surface area contributed by atoms with Gasteiger partial charge >= 0.3 is 0 Å². The Bertz CT molecular complexity index is 654. The Labute approximate surface area is 126 Å². The quantitative estimate of drug-likeness (QED) is 0.674. The van der Waals surface area contributed by atoms with Crippen molar-refractivity contribution in [1.29, 1.82) is 0 Å². The zero-order valence-electron chi connectivity index (χ0n) is 10.9. The lowest BCUT2D eigenvalue weighted by Crippen LogP contribution is -2.40. The number of nitrogens with one attached hydrogen (secondary N) is 2. The van der Waals surface area contributed by atoms with E-state index >= 15 is 0 Å². The molecule has 0 aliphatic heterocycles. The van der Waals surface area contributed by atoms with Crippen LogP contribution >= 0.6 is 11.6 Å². The fraction of sp³-hybridized carbons (Fsp3) is 0. The van der Waals surface area contributed by atoms with Crippen LogP contribution in [0.25, 0.3) is 6.08 Å². The number of pyridine rings is 1. The van der Waals surface area contributed by atoms with E-state index in [9.17, 15) is 9.59 Å². The van der Waals surface area contributed by atoms with Gasteiger partial charge in [-0.2, -0.15) is 0 Å². The van der Waals surface area contributed by atoms with E-state index < -0.39 is 11.8 Å². The number of carbonyl (C=O) groups excluding carboxylic acids is 2. The molecule has 0 saturated carbocycles. The minimum absolute atomic E-state index is 0.409. The number of hydrogen-bond donors (Lipinski definition) is 2. The van der Waals surface area contributed by atoms with Crippen LogP contribution in [0.1, 0.15) is 15.9 Å². The normalized spacial score (nSPS) is 10.3. The molecule has 0 saturated heterocycles. The first-order valence-electron chi connectivity index (χ1n) is 6.09. The van der Waals surface area contributed by atoms with Crippen molar-refractivity contribution >= 4 is 29.5 Å². The second-order valence-electron chi connectivity index (χ2n) is 4.06. The minimum atomic E-state index is -0.438. The summed E-state index contributed by atoms with van der Waals surface area (Å²) >= 11 is 5.76. The second kappa shape index (κ2) is 7.21. The van der Waals surface area contributed by atoms with Crippen molar-refractivity contribution in [2.24, 2.45) is 0 Å². The molecule has 21 heavy (non-hydrogen) atoms. The summed E-state index contributed by atoms with van der Waals surface area (Å²) in [7, 11) is 0. The fourth-order valence-corrected chi connectivity index (χ4v) is 1.61. The lowest BCUT2D eigenvalue weighted by Gasteiger charge is -2.04. The van der Waals surface area contributed by atoms with Gasteiger partial charge in [-0.25, -0.2) is 0 Å². The van der Waals surface area contributed by atoms with Crippen molar-refractivity contribution in [2.75, 3.05) is 0 Å². The van der Waals surface area contributed by atoms with E-state index in [0.29, 0.717) is 10.6 Å². The SMILES string of the molecule is O=C(/C=C/c1ccc(Cl)cc1)NNC(=O)c1ccncc1. The zero-order valence-corrected chi connectivity index (χ0v) is 11.7. The molecular weight excluding hydrogens is 290 g/mol. The highest BCUT2D eigenvalue weighted by molar-refractivity contribution is 6.30. The molecule has 2 rings (SSSR count). The maximum atomic E-state index is 11.7. The van der Waals surface area contributed by atoms with Crippen molar-refractivity contribution in [2.45, 2.75) is 0 Å². The smallest absolute Gasteiger partial charge is 0.268 e. The molecule has 6 heteroatoms. The summed E-state index contributed by atoms with van der Waals surface area (Å²) < 4.78 is 0. The number of carbonyl (C=O) groups is 2. The molecule has 1 aromatic heterocycles. The highest BCUT2D eigenvalue weighted by Gasteiger charge is 2.04. The third-order valence-corrected chi connectivity index (χ3v) is 2.79. The molecule has 2 amide bonds. The van der Waals surface area contributed by atoms with E-state index in [1.807, 2.05) is 0 Å². The predicted molar refractivity (Wildman–Crippen MR) is 80.3 cm³/mol. The van der Waals surface area contributed by atoms with Gasteiger partial charge in [-0.1, -0.05) is 23.7 Å². The lowest BCUT2D eigenvalue weighted by atomic mass is 10.2. The van der Waals surface area contributed by atoms with Gasteiger partial charge in [0.2, 0.25) is 0 Å². The van der Waals surface area contributed by atoms with Gasteiger partial charge < -0.3 is 0 Å². The van der Waals surface area contributed by atoms with E-state index in [1.165, 1.54) is 18.5 Å². The highest BCUT2D eigenvalue weighted by Crippen LogP contribution is 2.10. The van der Waals surface area contributed by atoms with E-state index in [2.05, 4.69) is 15.8 Å². The fourth-order valence-electron chi connectivity index (χ4n) is 1.48. The average Bonchev–Trinajstić information content (AvgIpc) is 2.53. The molecule has 0 bridgehead atoms. The average molecular weight is 302 g/mol. The van der Waals surface area contributed by atoms with Gasteiger partial charge in [0, 0.05) is 29.1 Å².